The highest BCUT2D eigenvalue weighted by Gasteiger charge is 2.22. The Labute approximate surface area is 189 Å². The molecule has 7 nitrogen and oxygen atoms in total. The lowest BCUT2D eigenvalue weighted by atomic mass is 9.94. The van der Waals surface area contributed by atoms with Gasteiger partial charge in [-0.05, 0) is 37.7 Å². The van der Waals surface area contributed by atoms with Crippen LogP contribution in [0.2, 0.25) is 0 Å². The minimum Gasteiger partial charge on any atom is -0.480 e. The van der Waals surface area contributed by atoms with Gasteiger partial charge in [-0.3, -0.25) is 9.69 Å². The maximum atomic E-state index is 9.59. The Bertz CT molecular complexity index is 814. The molecule has 31 heavy (non-hydrogen) atoms. The smallest absolute Gasteiger partial charge is 0.225 e. The predicted octanol–water partition coefficient (Wildman–Crippen LogP) is 3.72. The number of amides is 1. The first-order chi connectivity index (χ1) is 15.1. The van der Waals surface area contributed by atoms with Crippen LogP contribution in [0.15, 0.2) is 6.33 Å². The Kier molecular flexibility index (Phi) is 9.49. The third-order valence-electron chi connectivity index (χ3n) is 6.15. The summed E-state index contributed by atoms with van der Waals surface area (Å²) in [5.74, 6) is 0.486. The third-order valence-corrected chi connectivity index (χ3v) is 7.34. The van der Waals surface area contributed by atoms with Crippen LogP contribution in [-0.4, -0.2) is 60.2 Å². The number of aryl methyl sites for hydroxylation is 2. The summed E-state index contributed by atoms with van der Waals surface area (Å²) in [6.45, 7) is 5.98. The van der Waals surface area contributed by atoms with Gasteiger partial charge in [-0.25, -0.2) is 9.97 Å². The lowest BCUT2D eigenvalue weighted by Gasteiger charge is -2.36. The standard InChI is InChI=1S/C10H10N2OS.C10H19NO.C3H7NO/c1-13-9-8-6-3-2-4-7(6)14-10(8)12-5-11-9;1-2-4-10(5-3-1)11-6-8-12-9-7-11;1-2-3(4)5/h5H,2-4H2,1H3;10H,1-9H2;2H2,1H3,(H2,4,5). The molecule has 0 bridgehead atoms. The Morgan fingerprint density at radius 3 is 2.55 bits per heavy atom. The first-order valence-electron chi connectivity index (χ1n) is 11.5. The molecule has 0 aromatic carbocycles. The van der Waals surface area contributed by atoms with Crippen molar-refractivity contribution in [3.05, 3.63) is 16.8 Å². The molecule has 1 saturated heterocycles. The van der Waals surface area contributed by atoms with Crippen LogP contribution in [0.25, 0.3) is 10.2 Å². The van der Waals surface area contributed by atoms with E-state index in [9.17, 15) is 4.79 Å². The summed E-state index contributed by atoms with van der Waals surface area (Å²) in [5, 5.41) is 1.15. The second-order valence-electron chi connectivity index (χ2n) is 8.18. The van der Waals surface area contributed by atoms with Crippen LogP contribution in [-0.2, 0) is 22.4 Å². The molecule has 1 amide bonds. The number of methoxy groups -OCH3 is 1. The largest absolute Gasteiger partial charge is 0.480 e. The Morgan fingerprint density at radius 1 is 1.19 bits per heavy atom. The average molecular weight is 449 g/mol. The number of hydrogen-bond acceptors (Lipinski definition) is 7. The van der Waals surface area contributed by atoms with Gasteiger partial charge < -0.3 is 15.2 Å². The number of nitrogens with two attached hydrogens (primary N) is 1. The van der Waals surface area contributed by atoms with Gasteiger partial charge in [0.05, 0.1) is 25.7 Å². The molecule has 2 aromatic rings. The SMILES string of the molecule is C1CCC(N2CCOCC2)CC1.CCC(N)=O.COc1ncnc2sc3c(c12)CCC3. The van der Waals surface area contributed by atoms with Crippen molar-refractivity contribution in [2.75, 3.05) is 33.4 Å². The Balaban J connectivity index is 0.000000147. The summed E-state index contributed by atoms with van der Waals surface area (Å²) in [4.78, 5) is 23.2. The Morgan fingerprint density at radius 2 is 1.90 bits per heavy atom. The summed E-state index contributed by atoms with van der Waals surface area (Å²) in [6.07, 6.45) is 12.8. The molecule has 0 atom stereocenters. The molecule has 172 valence electrons. The van der Waals surface area contributed by atoms with Gasteiger partial charge in [-0.1, -0.05) is 26.2 Å². The van der Waals surface area contributed by atoms with E-state index < -0.39 is 0 Å². The summed E-state index contributed by atoms with van der Waals surface area (Å²) < 4.78 is 10.6. The van der Waals surface area contributed by atoms with E-state index in [-0.39, 0.29) is 5.91 Å². The molecule has 2 aromatic heterocycles. The van der Waals surface area contributed by atoms with E-state index in [2.05, 4.69) is 20.6 Å². The molecule has 3 aliphatic rings. The van der Waals surface area contributed by atoms with E-state index in [0.717, 1.165) is 41.8 Å². The zero-order valence-electron chi connectivity index (χ0n) is 18.9. The van der Waals surface area contributed by atoms with Gasteiger partial charge in [-0.15, -0.1) is 11.3 Å². The highest BCUT2D eigenvalue weighted by atomic mass is 32.1. The molecule has 2 fully saturated rings. The number of thiophene rings is 1. The predicted molar refractivity (Wildman–Crippen MR) is 125 cm³/mol. The van der Waals surface area contributed by atoms with Crippen molar-refractivity contribution in [2.24, 2.45) is 5.73 Å². The number of nitrogens with zero attached hydrogens (tertiary/aromatic N) is 3. The minimum atomic E-state index is -0.245. The fourth-order valence-electron chi connectivity index (χ4n) is 4.44. The number of rotatable bonds is 3. The van der Waals surface area contributed by atoms with E-state index in [1.165, 1.54) is 68.5 Å². The number of hydrogen-bond donors (Lipinski definition) is 1. The molecule has 2 aliphatic carbocycles. The Hall–Kier alpha value is -1.77. The van der Waals surface area contributed by atoms with Crippen molar-refractivity contribution < 1.29 is 14.3 Å². The van der Waals surface area contributed by atoms with Crippen LogP contribution in [0.4, 0.5) is 0 Å². The average Bonchev–Trinajstić information content (AvgIpc) is 3.42. The molecular weight excluding hydrogens is 412 g/mol. The number of aromatic nitrogens is 2. The molecule has 1 saturated carbocycles. The van der Waals surface area contributed by atoms with Gasteiger partial charge in [0.25, 0.3) is 0 Å². The first-order valence-corrected chi connectivity index (χ1v) is 12.3. The highest BCUT2D eigenvalue weighted by Crippen LogP contribution is 2.39. The number of primary amides is 1. The molecule has 1 aliphatic heterocycles. The van der Waals surface area contributed by atoms with Crippen molar-refractivity contribution in [3.8, 4) is 5.88 Å². The molecule has 0 spiro atoms. The van der Waals surface area contributed by atoms with Gasteiger partial charge in [0, 0.05) is 30.4 Å². The van der Waals surface area contributed by atoms with Crippen molar-refractivity contribution in [3.63, 3.8) is 0 Å². The van der Waals surface area contributed by atoms with Crippen LogP contribution in [0.3, 0.4) is 0 Å². The normalized spacial score (nSPS) is 19.0. The fraction of sp³-hybridized carbons (Fsp3) is 0.696. The van der Waals surface area contributed by atoms with E-state index in [1.807, 2.05) is 0 Å². The van der Waals surface area contributed by atoms with Gasteiger partial charge >= 0.3 is 0 Å². The number of fused-ring (bicyclic) bond motifs is 3. The van der Waals surface area contributed by atoms with Crippen LogP contribution >= 0.6 is 11.3 Å². The van der Waals surface area contributed by atoms with Crippen molar-refractivity contribution >= 4 is 27.5 Å². The molecule has 0 unspecified atom stereocenters. The van der Waals surface area contributed by atoms with Crippen molar-refractivity contribution in [1.82, 2.24) is 14.9 Å². The zero-order chi connectivity index (χ0) is 22.1. The van der Waals surface area contributed by atoms with E-state index in [1.54, 1.807) is 31.7 Å². The number of carbonyl (C=O) groups is 1. The van der Waals surface area contributed by atoms with E-state index in [0.29, 0.717) is 6.42 Å². The van der Waals surface area contributed by atoms with Gasteiger partial charge in [-0.2, -0.15) is 0 Å². The van der Waals surface area contributed by atoms with Crippen LogP contribution in [0, 0.1) is 0 Å². The van der Waals surface area contributed by atoms with Gasteiger partial charge in [0.15, 0.2) is 0 Å². The van der Waals surface area contributed by atoms with Gasteiger partial charge in [0.1, 0.15) is 11.2 Å². The molecule has 0 radical (unpaired) electrons. The number of carbonyl (C=O) groups excluding carboxylic acids is 1. The minimum absolute atomic E-state index is 0.245. The lowest BCUT2D eigenvalue weighted by molar-refractivity contribution is -0.117. The van der Waals surface area contributed by atoms with E-state index in [4.69, 9.17) is 9.47 Å². The summed E-state index contributed by atoms with van der Waals surface area (Å²) in [5.41, 5.74) is 6.07. The molecule has 3 heterocycles. The zero-order valence-corrected chi connectivity index (χ0v) is 19.7. The second kappa shape index (κ2) is 12.3. The van der Waals surface area contributed by atoms with Crippen molar-refractivity contribution in [2.45, 2.75) is 70.8 Å². The highest BCUT2D eigenvalue weighted by molar-refractivity contribution is 7.18. The number of ether oxygens (including phenoxy) is 2. The van der Waals surface area contributed by atoms with Gasteiger partial charge in [0.2, 0.25) is 11.8 Å². The second-order valence-corrected chi connectivity index (χ2v) is 9.26. The van der Waals surface area contributed by atoms with Crippen molar-refractivity contribution in [1.29, 1.82) is 0 Å². The number of morpholine rings is 1. The molecular formula is C23H36N4O3S. The third kappa shape index (κ3) is 6.60. The van der Waals surface area contributed by atoms with Crippen LogP contribution in [0.1, 0.15) is 62.3 Å². The molecule has 5 rings (SSSR count). The molecule has 2 N–H and O–H groups in total. The molecule has 8 heteroatoms. The van der Waals surface area contributed by atoms with Crippen LogP contribution < -0.4 is 10.5 Å². The fourth-order valence-corrected chi connectivity index (χ4v) is 5.66. The summed E-state index contributed by atoms with van der Waals surface area (Å²) in [6, 6.07) is 0.891. The summed E-state index contributed by atoms with van der Waals surface area (Å²) >= 11 is 1.78. The monoisotopic (exact) mass is 448 g/mol. The summed E-state index contributed by atoms with van der Waals surface area (Å²) in [7, 11) is 1.67. The van der Waals surface area contributed by atoms with Crippen LogP contribution in [0.5, 0.6) is 5.88 Å². The first kappa shape index (κ1) is 23.9. The topological polar surface area (TPSA) is 90.6 Å². The maximum Gasteiger partial charge on any atom is 0.225 e. The van der Waals surface area contributed by atoms with E-state index >= 15 is 0 Å². The lowest BCUT2D eigenvalue weighted by Crippen LogP contribution is -2.44. The quantitative estimate of drug-likeness (QED) is 0.770. The maximum absolute atomic E-state index is 9.59.